The molecule has 0 saturated carbocycles. The van der Waals surface area contributed by atoms with Gasteiger partial charge >= 0.3 is 5.97 Å². The lowest BCUT2D eigenvalue weighted by Gasteiger charge is -2.46. The molecule has 3 aliphatic heterocycles. The average Bonchev–Trinajstić information content (AvgIpc) is 2.99. The van der Waals surface area contributed by atoms with Crippen LogP contribution in [0.3, 0.4) is 0 Å². The summed E-state index contributed by atoms with van der Waals surface area (Å²) in [5.74, 6) is -1.21. The summed E-state index contributed by atoms with van der Waals surface area (Å²) in [5.41, 5.74) is 0. The van der Waals surface area contributed by atoms with E-state index >= 15 is 0 Å². The molecule has 9 nitrogen and oxygen atoms in total. The van der Waals surface area contributed by atoms with Gasteiger partial charge in [-0.05, 0) is 27.7 Å². The van der Waals surface area contributed by atoms with E-state index in [2.05, 4.69) is 6.58 Å². The number of aliphatic hydroxyl groups excluding tert-OH is 1. The Morgan fingerprint density at radius 1 is 1.07 bits per heavy atom. The van der Waals surface area contributed by atoms with Crippen LogP contribution in [0.4, 0.5) is 0 Å². The largest absolute Gasteiger partial charge is 0.457 e. The normalized spacial score (nSPS) is 45.6. The number of hydrogen-bond acceptors (Lipinski definition) is 9. The van der Waals surface area contributed by atoms with Gasteiger partial charge in [0.1, 0.15) is 18.3 Å². The van der Waals surface area contributed by atoms with Crippen LogP contribution in [0.5, 0.6) is 0 Å². The number of esters is 1. The van der Waals surface area contributed by atoms with Crippen molar-refractivity contribution in [2.75, 3.05) is 6.61 Å². The van der Waals surface area contributed by atoms with Crippen LogP contribution >= 0.6 is 0 Å². The first-order chi connectivity index (χ1) is 14.0. The summed E-state index contributed by atoms with van der Waals surface area (Å²) in [6, 6.07) is 0. The van der Waals surface area contributed by atoms with E-state index in [4.69, 9.17) is 33.2 Å². The number of rotatable bonds is 6. The van der Waals surface area contributed by atoms with Gasteiger partial charge in [0, 0.05) is 12.8 Å². The zero-order valence-corrected chi connectivity index (χ0v) is 18.5. The summed E-state index contributed by atoms with van der Waals surface area (Å²) in [5, 5.41) is 10.9. The molecule has 0 aromatic heterocycles. The molecule has 0 aliphatic carbocycles. The molecule has 0 aromatic rings. The van der Waals surface area contributed by atoms with Crippen molar-refractivity contribution < 1.29 is 43.1 Å². The quantitative estimate of drug-likeness (QED) is 0.496. The Kier molecular flexibility index (Phi) is 7.23. The summed E-state index contributed by atoms with van der Waals surface area (Å²) in [7, 11) is 0. The first-order valence-electron chi connectivity index (χ1n) is 10.4. The van der Waals surface area contributed by atoms with Gasteiger partial charge in [-0.2, -0.15) is 0 Å². The van der Waals surface area contributed by atoms with Crippen molar-refractivity contribution in [3.05, 3.63) is 12.7 Å². The number of fused-ring (bicyclic) bond motifs is 1. The number of aliphatic hydroxyl groups is 1. The van der Waals surface area contributed by atoms with Crippen LogP contribution in [0.15, 0.2) is 12.7 Å². The molecule has 9 heteroatoms. The smallest absolute Gasteiger partial charge is 0.303 e. The van der Waals surface area contributed by atoms with Crippen LogP contribution in [0.25, 0.3) is 0 Å². The van der Waals surface area contributed by atoms with E-state index in [0.717, 1.165) is 0 Å². The second-order valence-electron chi connectivity index (χ2n) is 8.63. The molecule has 3 saturated heterocycles. The van der Waals surface area contributed by atoms with E-state index in [1.807, 2.05) is 27.7 Å². The number of carbonyl (C=O) groups excluding carboxylic acids is 1. The standard InChI is InChI=1S/C21H34O9/c1-8-9-24-19-14(23)17(16(12(4)26-19)27-13(5)22)28-20-18-15(10(2)11(3)25-20)29-21(6,7)30-18/h8,10-12,14-20,23H,1,9H2,2-7H3/t10-,11?,12?,14?,15-,16-,17-,18?,19-,20-/m0/s1. The fourth-order valence-corrected chi connectivity index (χ4v) is 4.18. The Morgan fingerprint density at radius 2 is 1.70 bits per heavy atom. The highest BCUT2D eigenvalue weighted by molar-refractivity contribution is 5.66. The topological polar surface area (TPSA) is 102 Å². The third-order valence-corrected chi connectivity index (χ3v) is 5.76. The van der Waals surface area contributed by atoms with Gasteiger partial charge in [0.05, 0.1) is 24.9 Å². The third-order valence-electron chi connectivity index (χ3n) is 5.76. The minimum absolute atomic E-state index is 0.0862. The van der Waals surface area contributed by atoms with Crippen molar-refractivity contribution in [1.29, 1.82) is 0 Å². The highest BCUT2D eigenvalue weighted by Gasteiger charge is 2.56. The maximum Gasteiger partial charge on any atom is 0.303 e. The zero-order valence-electron chi connectivity index (χ0n) is 18.5. The predicted octanol–water partition coefficient (Wildman–Crippen LogP) is 1.51. The van der Waals surface area contributed by atoms with Crippen LogP contribution in [0, 0.1) is 5.92 Å². The molecule has 172 valence electrons. The summed E-state index contributed by atoms with van der Waals surface area (Å²) < 4.78 is 41.1. The zero-order chi connectivity index (χ0) is 22.2. The van der Waals surface area contributed by atoms with Crippen LogP contribution in [0.1, 0.15) is 41.5 Å². The first-order valence-corrected chi connectivity index (χ1v) is 10.4. The average molecular weight is 430 g/mol. The van der Waals surface area contributed by atoms with Crippen LogP contribution in [-0.2, 0) is 38.0 Å². The van der Waals surface area contributed by atoms with Gasteiger partial charge in [-0.3, -0.25) is 4.79 Å². The van der Waals surface area contributed by atoms with Crippen LogP contribution in [0.2, 0.25) is 0 Å². The monoisotopic (exact) mass is 430 g/mol. The van der Waals surface area contributed by atoms with Crippen molar-refractivity contribution in [2.45, 2.75) is 103 Å². The molecular weight excluding hydrogens is 396 g/mol. The molecule has 0 spiro atoms. The molecule has 3 fully saturated rings. The molecule has 10 atom stereocenters. The van der Waals surface area contributed by atoms with Gasteiger partial charge in [-0.15, -0.1) is 6.58 Å². The van der Waals surface area contributed by atoms with E-state index in [1.165, 1.54) is 6.92 Å². The van der Waals surface area contributed by atoms with Crippen LogP contribution < -0.4 is 0 Å². The summed E-state index contributed by atoms with van der Waals surface area (Å²) in [6.45, 7) is 14.5. The van der Waals surface area contributed by atoms with Gasteiger partial charge in [-0.1, -0.05) is 13.0 Å². The lowest BCUT2D eigenvalue weighted by atomic mass is 9.91. The fourth-order valence-electron chi connectivity index (χ4n) is 4.18. The molecule has 3 aliphatic rings. The second kappa shape index (κ2) is 9.20. The van der Waals surface area contributed by atoms with E-state index in [-0.39, 0.29) is 24.7 Å². The maximum absolute atomic E-state index is 11.7. The summed E-state index contributed by atoms with van der Waals surface area (Å²) in [4.78, 5) is 11.7. The van der Waals surface area contributed by atoms with Gasteiger partial charge in [-0.25, -0.2) is 0 Å². The van der Waals surface area contributed by atoms with E-state index in [9.17, 15) is 9.90 Å². The Labute approximate surface area is 177 Å². The molecule has 3 heterocycles. The Bertz CT molecular complexity index is 624. The number of carbonyl (C=O) groups is 1. The van der Waals surface area contributed by atoms with Gasteiger partial charge in [0.25, 0.3) is 0 Å². The lowest BCUT2D eigenvalue weighted by molar-refractivity contribution is -0.344. The molecule has 0 radical (unpaired) electrons. The Morgan fingerprint density at radius 3 is 2.33 bits per heavy atom. The first kappa shape index (κ1) is 23.6. The number of ether oxygens (including phenoxy) is 7. The minimum Gasteiger partial charge on any atom is -0.457 e. The van der Waals surface area contributed by atoms with Crippen molar-refractivity contribution in [1.82, 2.24) is 0 Å². The van der Waals surface area contributed by atoms with Gasteiger partial charge in [0.15, 0.2) is 24.5 Å². The Hall–Kier alpha value is -1.07. The van der Waals surface area contributed by atoms with Crippen molar-refractivity contribution in [3.8, 4) is 0 Å². The molecule has 0 amide bonds. The third kappa shape index (κ3) is 4.88. The summed E-state index contributed by atoms with van der Waals surface area (Å²) >= 11 is 0. The molecular formula is C21H34O9. The van der Waals surface area contributed by atoms with Crippen molar-refractivity contribution >= 4 is 5.97 Å². The predicted molar refractivity (Wildman–Crippen MR) is 104 cm³/mol. The highest BCUT2D eigenvalue weighted by atomic mass is 16.8. The second-order valence-corrected chi connectivity index (χ2v) is 8.63. The molecule has 3 rings (SSSR count). The summed E-state index contributed by atoms with van der Waals surface area (Å²) in [6.07, 6.45) is -4.75. The minimum atomic E-state index is -1.22. The van der Waals surface area contributed by atoms with Gasteiger partial charge < -0.3 is 38.3 Å². The SMILES string of the molecule is C=CCO[C@H]1OC(C)[C@H](OC(C)=O)[C@@H](O[C@@H]2OC(C)[C@H](C)[C@@H]3OC(C)(C)OC23)C1O. The Balaban J connectivity index is 1.83. The fraction of sp³-hybridized carbons (Fsp3) is 0.857. The highest BCUT2D eigenvalue weighted by Crippen LogP contribution is 2.41. The molecule has 0 aromatic carbocycles. The van der Waals surface area contributed by atoms with Gasteiger partial charge in [0.2, 0.25) is 0 Å². The molecule has 30 heavy (non-hydrogen) atoms. The van der Waals surface area contributed by atoms with E-state index in [1.54, 1.807) is 13.0 Å². The number of hydrogen-bond donors (Lipinski definition) is 1. The van der Waals surface area contributed by atoms with Crippen LogP contribution in [-0.4, -0.2) is 78.8 Å². The molecule has 0 bridgehead atoms. The lowest BCUT2D eigenvalue weighted by Crippen LogP contribution is -2.62. The molecule has 4 unspecified atom stereocenters. The van der Waals surface area contributed by atoms with E-state index in [0.29, 0.717) is 0 Å². The van der Waals surface area contributed by atoms with Crippen molar-refractivity contribution in [2.24, 2.45) is 5.92 Å². The van der Waals surface area contributed by atoms with Crippen molar-refractivity contribution in [3.63, 3.8) is 0 Å². The van der Waals surface area contributed by atoms with E-state index < -0.39 is 54.9 Å². The molecule has 1 N–H and O–H groups in total. The maximum atomic E-state index is 11.7.